The van der Waals surface area contributed by atoms with Crippen LogP contribution in [0.3, 0.4) is 0 Å². The molecule has 2 aromatic heterocycles. The van der Waals surface area contributed by atoms with Gasteiger partial charge in [-0.1, -0.05) is 35.4 Å². The number of hydrogen-bond acceptors (Lipinski definition) is 4. The van der Waals surface area contributed by atoms with E-state index in [1.54, 1.807) is 35.2 Å². The predicted octanol–water partition coefficient (Wildman–Crippen LogP) is 4.16. The van der Waals surface area contributed by atoms with Gasteiger partial charge in [0.25, 0.3) is 0 Å². The van der Waals surface area contributed by atoms with Gasteiger partial charge in [0.15, 0.2) is 0 Å². The molecule has 3 aromatic rings. The molecule has 0 atom stereocenters. The number of nitrogens with zero attached hydrogens (tertiary/aromatic N) is 4. The van der Waals surface area contributed by atoms with Crippen LogP contribution in [0.25, 0.3) is 16.9 Å². The van der Waals surface area contributed by atoms with Gasteiger partial charge < -0.3 is 0 Å². The van der Waals surface area contributed by atoms with E-state index in [2.05, 4.69) is 15.0 Å². The first-order valence-corrected chi connectivity index (χ1v) is 6.90. The van der Waals surface area contributed by atoms with Crippen LogP contribution < -0.4 is 0 Å². The Morgan fingerprint density at radius 1 is 1.15 bits per heavy atom. The van der Waals surface area contributed by atoms with Crippen molar-refractivity contribution in [1.29, 1.82) is 0 Å². The minimum absolute atomic E-state index is 0.473. The van der Waals surface area contributed by atoms with Gasteiger partial charge >= 0.3 is 0 Å². The zero-order chi connectivity index (χ0) is 14.3. The van der Waals surface area contributed by atoms with Gasteiger partial charge in [-0.15, -0.1) is 0 Å². The molecule has 0 radical (unpaired) electrons. The Labute approximate surface area is 130 Å². The summed E-state index contributed by atoms with van der Waals surface area (Å²) in [5.41, 5.74) is 0.630. The molecule has 7 heteroatoms. The van der Waals surface area contributed by atoms with Crippen LogP contribution >= 0.6 is 35.4 Å². The molecule has 0 saturated heterocycles. The first kappa shape index (κ1) is 13.4. The number of rotatable bonds is 1. The minimum atomic E-state index is 0.473. The second-order valence-corrected chi connectivity index (χ2v) is 5.36. The molecule has 0 spiro atoms. The summed E-state index contributed by atoms with van der Waals surface area (Å²) < 4.78 is 2.23. The van der Waals surface area contributed by atoms with Crippen molar-refractivity contribution in [2.75, 3.05) is 0 Å². The SMILES string of the molecule is Cc1nc2c(Cl)cc(Cl)cc2c(=S)n1-c1ncccn1. The van der Waals surface area contributed by atoms with Crippen LogP contribution in [0.15, 0.2) is 30.6 Å². The zero-order valence-corrected chi connectivity index (χ0v) is 12.7. The van der Waals surface area contributed by atoms with E-state index in [0.29, 0.717) is 37.4 Å². The molecule has 0 aliphatic heterocycles. The van der Waals surface area contributed by atoms with E-state index in [-0.39, 0.29) is 0 Å². The summed E-state index contributed by atoms with van der Waals surface area (Å²) in [6.45, 7) is 1.83. The second-order valence-electron chi connectivity index (χ2n) is 4.13. The van der Waals surface area contributed by atoms with E-state index in [4.69, 9.17) is 35.4 Å². The number of benzene rings is 1. The van der Waals surface area contributed by atoms with Gasteiger partial charge in [0.05, 0.1) is 10.5 Å². The van der Waals surface area contributed by atoms with Crippen LogP contribution in [0.5, 0.6) is 0 Å². The van der Waals surface area contributed by atoms with Crippen molar-refractivity contribution in [2.45, 2.75) is 6.92 Å². The van der Waals surface area contributed by atoms with Crippen LogP contribution in [0.1, 0.15) is 5.82 Å². The Balaban J connectivity index is 2.44. The van der Waals surface area contributed by atoms with Crippen molar-refractivity contribution in [3.05, 3.63) is 51.1 Å². The van der Waals surface area contributed by atoms with Crippen LogP contribution in [0.4, 0.5) is 0 Å². The van der Waals surface area contributed by atoms with E-state index in [9.17, 15) is 0 Å². The highest BCUT2D eigenvalue weighted by Crippen LogP contribution is 2.28. The average Bonchev–Trinajstić information content (AvgIpc) is 2.42. The summed E-state index contributed by atoms with van der Waals surface area (Å²) in [6, 6.07) is 5.14. The Morgan fingerprint density at radius 3 is 2.55 bits per heavy atom. The maximum Gasteiger partial charge on any atom is 0.236 e. The van der Waals surface area contributed by atoms with Gasteiger partial charge in [0.1, 0.15) is 10.5 Å². The lowest BCUT2D eigenvalue weighted by Gasteiger charge is -2.11. The Hall–Kier alpha value is -1.56. The zero-order valence-electron chi connectivity index (χ0n) is 10.3. The lowest BCUT2D eigenvalue weighted by Crippen LogP contribution is -2.08. The third kappa shape index (κ3) is 2.18. The van der Waals surface area contributed by atoms with Crippen molar-refractivity contribution in [1.82, 2.24) is 19.5 Å². The summed E-state index contributed by atoms with van der Waals surface area (Å²) in [5, 5.41) is 1.69. The fraction of sp³-hybridized carbons (Fsp3) is 0.0769. The Morgan fingerprint density at radius 2 is 1.85 bits per heavy atom. The lowest BCUT2D eigenvalue weighted by molar-refractivity contribution is 0.844. The van der Waals surface area contributed by atoms with Crippen molar-refractivity contribution < 1.29 is 0 Å². The largest absolute Gasteiger partial charge is 0.256 e. The van der Waals surface area contributed by atoms with Gasteiger partial charge in [-0.25, -0.2) is 15.0 Å². The van der Waals surface area contributed by atoms with Crippen molar-refractivity contribution in [3.63, 3.8) is 0 Å². The third-order valence-electron chi connectivity index (χ3n) is 2.81. The van der Waals surface area contributed by atoms with Crippen molar-refractivity contribution in [3.8, 4) is 5.95 Å². The molecule has 0 bridgehead atoms. The molecular formula is C13H8Cl2N4S. The van der Waals surface area contributed by atoms with Crippen LogP contribution in [0, 0.1) is 11.6 Å². The summed E-state index contributed by atoms with van der Waals surface area (Å²) in [4.78, 5) is 12.9. The maximum absolute atomic E-state index is 6.17. The quantitative estimate of drug-likeness (QED) is 0.631. The molecule has 0 N–H and O–H groups in total. The monoisotopic (exact) mass is 322 g/mol. The highest BCUT2D eigenvalue weighted by molar-refractivity contribution is 7.71. The topological polar surface area (TPSA) is 43.6 Å². The molecule has 20 heavy (non-hydrogen) atoms. The fourth-order valence-electron chi connectivity index (χ4n) is 1.96. The summed E-state index contributed by atoms with van der Waals surface area (Å²) in [5.74, 6) is 1.14. The van der Waals surface area contributed by atoms with E-state index in [0.717, 1.165) is 0 Å². The standard InChI is InChI=1S/C13H8Cl2N4S/c1-7-18-11-9(5-8(14)6-10(11)15)12(20)19(7)13-16-3-2-4-17-13/h2-6H,1H3. The summed E-state index contributed by atoms with van der Waals surface area (Å²) in [6.07, 6.45) is 3.30. The molecule has 0 amide bonds. The van der Waals surface area contributed by atoms with Gasteiger partial charge in [-0.3, -0.25) is 4.57 Å². The third-order valence-corrected chi connectivity index (χ3v) is 3.72. The Bertz CT molecular complexity index is 862. The molecular weight excluding hydrogens is 315 g/mol. The molecule has 0 saturated carbocycles. The normalized spacial score (nSPS) is 10.9. The smallest absolute Gasteiger partial charge is 0.236 e. The molecule has 4 nitrogen and oxygen atoms in total. The molecule has 3 rings (SSSR count). The number of hydrogen-bond donors (Lipinski definition) is 0. The summed E-state index contributed by atoms with van der Waals surface area (Å²) in [7, 11) is 0. The maximum atomic E-state index is 6.17. The minimum Gasteiger partial charge on any atom is -0.256 e. The number of fused-ring (bicyclic) bond motifs is 1. The van der Waals surface area contributed by atoms with Crippen molar-refractivity contribution >= 4 is 46.3 Å². The summed E-state index contributed by atoms with van der Waals surface area (Å²) >= 11 is 17.7. The molecule has 1 aromatic carbocycles. The number of aryl methyl sites for hydroxylation is 1. The van der Waals surface area contributed by atoms with Crippen molar-refractivity contribution in [2.24, 2.45) is 0 Å². The predicted molar refractivity (Wildman–Crippen MR) is 82.3 cm³/mol. The number of halogens is 2. The van der Waals surface area contributed by atoms with Gasteiger partial charge in [-0.05, 0) is 25.1 Å². The highest BCUT2D eigenvalue weighted by atomic mass is 35.5. The molecule has 0 fully saturated rings. The van der Waals surface area contributed by atoms with Gasteiger partial charge in [-0.2, -0.15) is 0 Å². The van der Waals surface area contributed by atoms with E-state index >= 15 is 0 Å². The second kappa shape index (κ2) is 5.09. The van der Waals surface area contributed by atoms with Gasteiger partial charge in [0.2, 0.25) is 5.95 Å². The molecule has 0 aliphatic carbocycles. The lowest BCUT2D eigenvalue weighted by atomic mass is 10.2. The molecule has 0 aliphatic rings. The Kier molecular flexibility index (Phi) is 3.41. The van der Waals surface area contributed by atoms with Crippen LogP contribution in [0.2, 0.25) is 10.0 Å². The van der Waals surface area contributed by atoms with E-state index in [1.807, 2.05) is 6.92 Å². The molecule has 100 valence electrons. The highest BCUT2D eigenvalue weighted by Gasteiger charge is 2.12. The van der Waals surface area contributed by atoms with Crippen LogP contribution in [-0.4, -0.2) is 19.5 Å². The number of aromatic nitrogens is 4. The van der Waals surface area contributed by atoms with E-state index in [1.165, 1.54) is 0 Å². The molecule has 2 heterocycles. The molecule has 0 unspecified atom stereocenters. The van der Waals surface area contributed by atoms with Crippen LogP contribution in [-0.2, 0) is 0 Å². The van der Waals surface area contributed by atoms with E-state index < -0.39 is 0 Å². The average molecular weight is 323 g/mol. The first-order valence-electron chi connectivity index (χ1n) is 5.74. The first-order chi connectivity index (χ1) is 9.58. The van der Waals surface area contributed by atoms with Gasteiger partial charge in [0, 0.05) is 22.8 Å². The fourth-order valence-corrected chi connectivity index (χ4v) is 2.87.